The average Bonchev–Trinajstić information content (AvgIpc) is 2.85. The normalized spacial score (nSPS) is 11.1. The number of rotatable bonds is 5. The summed E-state index contributed by atoms with van der Waals surface area (Å²) in [5, 5.41) is 8.70. The van der Waals surface area contributed by atoms with Crippen LogP contribution in [0.4, 0.5) is 4.39 Å². The number of benzene rings is 1. The lowest BCUT2D eigenvalue weighted by molar-refractivity contribution is -0.131. The van der Waals surface area contributed by atoms with E-state index in [0.29, 0.717) is 11.3 Å². The van der Waals surface area contributed by atoms with Crippen LogP contribution in [0.25, 0.3) is 11.8 Å². The second-order valence-corrected chi connectivity index (χ2v) is 4.34. The fourth-order valence-electron chi connectivity index (χ4n) is 2.00. The Hall–Kier alpha value is -2.43. The van der Waals surface area contributed by atoms with Crippen molar-refractivity contribution in [1.82, 2.24) is 9.55 Å². The van der Waals surface area contributed by atoms with Gasteiger partial charge in [0.05, 0.1) is 5.69 Å². The number of imidazole rings is 1. The molecule has 1 heterocycles. The number of hydrogen-bond acceptors (Lipinski definition) is 2. The van der Waals surface area contributed by atoms with E-state index >= 15 is 0 Å². The first-order valence-corrected chi connectivity index (χ1v) is 6.35. The molecule has 5 heteroatoms. The molecule has 0 saturated heterocycles. The third-order valence-corrected chi connectivity index (χ3v) is 2.85. The van der Waals surface area contributed by atoms with Gasteiger partial charge in [-0.05, 0) is 30.7 Å². The lowest BCUT2D eigenvalue weighted by Gasteiger charge is -2.10. The number of aryl methyl sites for hydroxylation is 1. The number of carboxylic acid groups (broad SMARTS) is 1. The van der Waals surface area contributed by atoms with Crippen LogP contribution in [0, 0.1) is 5.82 Å². The summed E-state index contributed by atoms with van der Waals surface area (Å²) in [5.74, 6) is -0.611. The maximum atomic E-state index is 13.4. The van der Waals surface area contributed by atoms with Crippen LogP contribution in [0.2, 0.25) is 0 Å². The standard InChI is InChI=1S/C15H15FN2O2/c1-2-3-14-17-8-9-18(14)13-6-5-12(16)10-11(13)4-7-15(19)20/h4-10H,2-3H2,1H3,(H,19,20). The molecular formula is C15H15FN2O2. The first-order valence-electron chi connectivity index (χ1n) is 6.35. The van der Waals surface area contributed by atoms with Gasteiger partial charge in [0, 0.05) is 30.5 Å². The molecule has 0 saturated carbocycles. The van der Waals surface area contributed by atoms with Crippen molar-refractivity contribution in [3.05, 3.63) is 53.9 Å². The number of carboxylic acids is 1. The molecule has 0 radical (unpaired) electrons. The summed E-state index contributed by atoms with van der Waals surface area (Å²) in [6, 6.07) is 4.28. The van der Waals surface area contributed by atoms with Gasteiger partial charge >= 0.3 is 5.97 Å². The molecule has 0 spiro atoms. The van der Waals surface area contributed by atoms with Crippen LogP contribution in [-0.2, 0) is 11.2 Å². The first kappa shape index (κ1) is 14.0. The van der Waals surface area contributed by atoms with Gasteiger partial charge in [-0.25, -0.2) is 14.2 Å². The maximum Gasteiger partial charge on any atom is 0.328 e. The second kappa shape index (κ2) is 6.14. The van der Waals surface area contributed by atoms with Gasteiger partial charge in [-0.3, -0.25) is 0 Å². The van der Waals surface area contributed by atoms with E-state index in [-0.39, 0.29) is 0 Å². The Labute approximate surface area is 116 Å². The number of aliphatic carboxylic acids is 1. The quantitative estimate of drug-likeness (QED) is 0.852. The molecule has 0 atom stereocenters. The molecule has 20 heavy (non-hydrogen) atoms. The molecule has 0 aliphatic carbocycles. The van der Waals surface area contributed by atoms with Crippen LogP contribution in [0.3, 0.4) is 0 Å². The van der Waals surface area contributed by atoms with Gasteiger partial charge < -0.3 is 9.67 Å². The van der Waals surface area contributed by atoms with Gasteiger partial charge in [0.15, 0.2) is 0 Å². The number of nitrogens with zero attached hydrogens (tertiary/aromatic N) is 2. The van der Waals surface area contributed by atoms with Gasteiger partial charge in [-0.15, -0.1) is 0 Å². The molecular weight excluding hydrogens is 259 g/mol. The molecule has 1 aromatic heterocycles. The Morgan fingerprint density at radius 2 is 2.30 bits per heavy atom. The van der Waals surface area contributed by atoms with E-state index in [1.165, 1.54) is 18.2 Å². The first-order chi connectivity index (χ1) is 9.61. The Bertz CT molecular complexity index is 647. The van der Waals surface area contributed by atoms with Crippen molar-refractivity contribution in [1.29, 1.82) is 0 Å². The van der Waals surface area contributed by atoms with Gasteiger partial charge in [-0.2, -0.15) is 0 Å². The molecule has 4 nitrogen and oxygen atoms in total. The van der Waals surface area contributed by atoms with Gasteiger partial charge in [0.1, 0.15) is 11.6 Å². The summed E-state index contributed by atoms with van der Waals surface area (Å²) in [6.45, 7) is 2.05. The highest BCUT2D eigenvalue weighted by Crippen LogP contribution is 2.20. The van der Waals surface area contributed by atoms with Crippen molar-refractivity contribution in [2.24, 2.45) is 0 Å². The minimum absolute atomic E-state index is 0.407. The number of halogens is 1. The van der Waals surface area contributed by atoms with Gasteiger partial charge in [0.25, 0.3) is 0 Å². The lowest BCUT2D eigenvalue weighted by Crippen LogP contribution is -2.02. The summed E-state index contributed by atoms with van der Waals surface area (Å²) < 4.78 is 15.2. The molecule has 2 aromatic rings. The van der Waals surface area contributed by atoms with Crippen LogP contribution in [0.1, 0.15) is 24.7 Å². The van der Waals surface area contributed by atoms with Crippen molar-refractivity contribution >= 4 is 12.0 Å². The van der Waals surface area contributed by atoms with Crippen molar-refractivity contribution in [2.45, 2.75) is 19.8 Å². The average molecular weight is 274 g/mol. The molecule has 104 valence electrons. The van der Waals surface area contributed by atoms with Gasteiger partial charge in [-0.1, -0.05) is 6.92 Å². The highest BCUT2D eigenvalue weighted by molar-refractivity contribution is 5.86. The molecule has 0 aliphatic rings. The molecule has 0 amide bonds. The van der Waals surface area contributed by atoms with Crippen molar-refractivity contribution in [2.75, 3.05) is 0 Å². The fourth-order valence-corrected chi connectivity index (χ4v) is 2.00. The molecule has 1 N–H and O–H groups in total. The Morgan fingerprint density at radius 1 is 1.50 bits per heavy atom. The van der Waals surface area contributed by atoms with Crippen LogP contribution in [0.5, 0.6) is 0 Å². The molecule has 0 fully saturated rings. The maximum absolute atomic E-state index is 13.4. The Balaban J connectivity index is 2.50. The van der Waals surface area contributed by atoms with Gasteiger partial charge in [0.2, 0.25) is 0 Å². The molecule has 2 rings (SSSR count). The highest BCUT2D eigenvalue weighted by Gasteiger charge is 2.08. The summed E-state index contributed by atoms with van der Waals surface area (Å²) in [5.41, 5.74) is 1.22. The van der Waals surface area contributed by atoms with Crippen molar-refractivity contribution in [3.8, 4) is 5.69 Å². The molecule has 0 aliphatic heterocycles. The summed E-state index contributed by atoms with van der Waals surface area (Å²) >= 11 is 0. The highest BCUT2D eigenvalue weighted by atomic mass is 19.1. The Morgan fingerprint density at radius 3 is 3.00 bits per heavy atom. The van der Waals surface area contributed by atoms with E-state index in [2.05, 4.69) is 11.9 Å². The number of aromatic nitrogens is 2. The zero-order valence-electron chi connectivity index (χ0n) is 11.1. The van der Waals surface area contributed by atoms with E-state index in [1.807, 2.05) is 4.57 Å². The smallest absolute Gasteiger partial charge is 0.328 e. The number of hydrogen-bond donors (Lipinski definition) is 1. The van der Waals surface area contributed by atoms with Crippen molar-refractivity contribution in [3.63, 3.8) is 0 Å². The van der Waals surface area contributed by atoms with Crippen molar-refractivity contribution < 1.29 is 14.3 Å². The lowest BCUT2D eigenvalue weighted by atomic mass is 10.1. The van der Waals surface area contributed by atoms with E-state index in [0.717, 1.165) is 24.7 Å². The predicted molar refractivity (Wildman–Crippen MR) is 74.2 cm³/mol. The third-order valence-electron chi connectivity index (χ3n) is 2.85. The van der Waals surface area contributed by atoms with E-state index in [9.17, 15) is 9.18 Å². The fraction of sp³-hybridized carbons (Fsp3) is 0.200. The van der Waals surface area contributed by atoms with Crippen LogP contribution < -0.4 is 0 Å². The zero-order valence-corrected chi connectivity index (χ0v) is 11.1. The Kier molecular flexibility index (Phi) is 4.30. The largest absolute Gasteiger partial charge is 0.478 e. The molecule has 0 bridgehead atoms. The van der Waals surface area contributed by atoms with Crippen LogP contribution in [0.15, 0.2) is 36.7 Å². The zero-order chi connectivity index (χ0) is 14.5. The number of carbonyl (C=O) groups is 1. The summed E-state index contributed by atoms with van der Waals surface area (Å²) in [7, 11) is 0. The summed E-state index contributed by atoms with van der Waals surface area (Å²) in [6.07, 6.45) is 7.59. The predicted octanol–water partition coefficient (Wildman–Crippen LogP) is 3.06. The van der Waals surface area contributed by atoms with E-state index in [4.69, 9.17) is 5.11 Å². The topological polar surface area (TPSA) is 55.1 Å². The monoisotopic (exact) mass is 274 g/mol. The third kappa shape index (κ3) is 3.12. The minimum Gasteiger partial charge on any atom is -0.478 e. The van der Waals surface area contributed by atoms with E-state index in [1.54, 1.807) is 18.5 Å². The molecule has 0 unspecified atom stereocenters. The molecule has 1 aromatic carbocycles. The van der Waals surface area contributed by atoms with Crippen LogP contribution in [-0.4, -0.2) is 20.6 Å². The summed E-state index contributed by atoms with van der Waals surface area (Å²) in [4.78, 5) is 14.9. The van der Waals surface area contributed by atoms with E-state index < -0.39 is 11.8 Å². The van der Waals surface area contributed by atoms with Crippen LogP contribution >= 0.6 is 0 Å². The minimum atomic E-state index is -1.07. The SMILES string of the molecule is CCCc1nccn1-c1ccc(F)cc1C=CC(=O)O. The second-order valence-electron chi connectivity index (χ2n) is 4.34.